The van der Waals surface area contributed by atoms with Crippen molar-refractivity contribution in [2.45, 2.75) is 33.9 Å². The van der Waals surface area contributed by atoms with E-state index in [2.05, 4.69) is 65.8 Å². The summed E-state index contributed by atoms with van der Waals surface area (Å²) in [5, 5.41) is 14.7. The molecule has 0 aliphatic rings. The molecule has 6 heteroatoms. The lowest BCUT2D eigenvalue weighted by Gasteiger charge is -2.15. The van der Waals surface area contributed by atoms with Gasteiger partial charge in [0.2, 0.25) is 0 Å². The van der Waals surface area contributed by atoms with Gasteiger partial charge in [-0.15, -0.1) is 0 Å². The molecule has 150 valence electrons. The highest BCUT2D eigenvalue weighted by molar-refractivity contribution is 7.80. The first-order valence-electron chi connectivity index (χ1n) is 9.63. The first kappa shape index (κ1) is 20.7. The van der Waals surface area contributed by atoms with Gasteiger partial charge in [-0.1, -0.05) is 60.2 Å². The predicted molar refractivity (Wildman–Crippen MR) is 123 cm³/mol. The summed E-state index contributed by atoms with van der Waals surface area (Å²) in [6.45, 7) is 7.59. The van der Waals surface area contributed by atoms with E-state index in [0.29, 0.717) is 11.7 Å². The largest absolute Gasteiger partial charge is 0.357 e. The molecule has 0 spiro atoms. The average molecular weight is 406 g/mol. The minimum atomic E-state index is 0.576. The van der Waals surface area contributed by atoms with E-state index in [-0.39, 0.29) is 0 Å². The fourth-order valence-electron chi connectivity index (χ4n) is 3.00. The second kappa shape index (κ2) is 9.47. The van der Waals surface area contributed by atoms with Crippen LogP contribution in [-0.2, 0) is 13.1 Å². The third-order valence-electron chi connectivity index (χ3n) is 4.83. The molecular formula is C23H27N5S. The molecule has 0 fully saturated rings. The van der Waals surface area contributed by atoms with Gasteiger partial charge in [-0.25, -0.2) is 5.01 Å². The van der Waals surface area contributed by atoms with Crippen LogP contribution in [0.1, 0.15) is 33.6 Å². The molecule has 1 N–H and O–H groups in total. The van der Waals surface area contributed by atoms with Crippen molar-refractivity contribution in [1.82, 2.24) is 20.1 Å². The summed E-state index contributed by atoms with van der Waals surface area (Å²) in [6, 6.07) is 18.7. The maximum absolute atomic E-state index is 5.44. The standard InChI is InChI=1S/C23H27N5S/c1-17-10-12-21(13-11-17)16-28-19(3)22(18(2)26-28)15-25-27(4)23(29)24-14-20-8-6-5-7-9-20/h5-13,15H,14,16H2,1-4H3,(H,24,29)/b25-15-. The second-order valence-corrected chi connectivity index (χ2v) is 7.53. The van der Waals surface area contributed by atoms with Crippen molar-refractivity contribution in [2.75, 3.05) is 7.05 Å². The summed E-state index contributed by atoms with van der Waals surface area (Å²) in [7, 11) is 1.85. The molecule has 0 radical (unpaired) electrons. The summed E-state index contributed by atoms with van der Waals surface area (Å²) in [5.41, 5.74) is 6.73. The van der Waals surface area contributed by atoms with Crippen LogP contribution >= 0.6 is 12.2 Å². The minimum absolute atomic E-state index is 0.576. The molecule has 5 nitrogen and oxygen atoms in total. The minimum Gasteiger partial charge on any atom is -0.357 e. The fraction of sp³-hybridized carbons (Fsp3) is 0.261. The summed E-state index contributed by atoms with van der Waals surface area (Å²) in [5.74, 6) is 0. The molecule has 3 rings (SSSR count). The molecule has 0 aliphatic heterocycles. The van der Waals surface area contributed by atoms with Crippen LogP contribution in [0.4, 0.5) is 0 Å². The number of aromatic nitrogens is 2. The molecule has 0 atom stereocenters. The number of hydrazone groups is 1. The van der Waals surface area contributed by atoms with Crippen LogP contribution in [0.2, 0.25) is 0 Å². The molecule has 29 heavy (non-hydrogen) atoms. The zero-order valence-corrected chi connectivity index (χ0v) is 18.2. The quantitative estimate of drug-likeness (QED) is 0.379. The summed E-state index contributed by atoms with van der Waals surface area (Å²) in [6.07, 6.45) is 1.83. The Morgan fingerprint density at radius 3 is 2.45 bits per heavy atom. The van der Waals surface area contributed by atoms with Crippen LogP contribution in [0.5, 0.6) is 0 Å². The number of aryl methyl sites for hydroxylation is 2. The van der Waals surface area contributed by atoms with Crippen LogP contribution in [0.25, 0.3) is 0 Å². The molecule has 1 heterocycles. The first-order valence-corrected chi connectivity index (χ1v) is 10.0. The molecule has 0 saturated carbocycles. The highest BCUT2D eigenvalue weighted by Crippen LogP contribution is 2.14. The SMILES string of the molecule is Cc1ccc(Cn2nc(C)c(/C=N\N(C)C(=S)NCc3ccccc3)c2C)cc1. The molecule has 0 amide bonds. The summed E-state index contributed by atoms with van der Waals surface area (Å²) < 4.78 is 2.02. The van der Waals surface area contributed by atoms with Gasteiger partial charge < -0.3 is 5.32 Å². The van der Waals surface area contributed by atoms with Crippen molar-refractivity contribution < 1.29 is 0 Å². The molecule has 0 unspecified atom stereocenters. The van der Waals surface area contributed by atoms with E-state index >= 15 is 0 Å². The number of nitrogens with zero attached hydrogens (tertiary/aromatic N) is 4. The molecule has 0 bridgehead atoms. The van der Waals surface area contributed by atoms with Crippen molar-refractivity contribution >= 4 is 23.5 Å². The average Bonchev–Trinajstić information content (AvgIpc) is 2.99. The lowest BCUT2D eigenvalue weighted by Crippen LogP contribution is -2.33. The lowest BCUT2D eigenvalue weighted by atomic mass is 10.1. The van der Waals surface area contributed by atoms with Gasteiger partial charge in [-0.05, 0) is 44.1 Å². The zero-order valence-electron chi connectivity index (χ0n) is 17.4. The van der Waals surface area contributed by atoms with E-state index in [0.717, 1.165) is 23.5 Å². The highest BCUT2D eigenvalue weighted by Gasteiger charge is 2.11. The van der Waals surface area contributed by atoms with Crippen LogP contribution in [0.3, 0.4) is 0 Å². The lowest BCUT2D eigenvalue weighted by molar-refractivity contribution is 0.532. The topological polar surface area (TPSA) is 45.5 Å². The Balaban J connectivity index is 1.64. The zero-order chi connectivity index (χ0) is 20.8. The predicted octanol–water partition coefficient (Wildman–Crippen LogP) is 4.20. The Morgan fingerprint density at radius 2 is 1.76 bits per heavy atom. The summed E-state index contributed by atoms with van der Waals surface area (Å²) in [4.78, 5) is 0. The molecule has 0 saturated heterocycles. The smallest absolute Gasteiger partial charge is 0.189 e. The van der Waals surface area contributed by atoms with Gasteiger partial charge in [0, 0.05) is 24.8 Å². The Labute approximate surface area is 178 Å². The third kappa shape index (κ3) is 5.51. The normalized spacial score (nSPS) is 11.0. The number of thiocarbonyl (C=S) groups is 1. The number of rotatable bonds is 6. The monoisotopic (exact) mass is 405 g/mol. The number of hydrogen-bond acceptors (Lipinski definition) is 3. The Kier molecular flexibility index (Phi) is 6.77. The first-order chi connectivity index (χ1) is 13.9. The maximum Gasteiger partial charge on any atom is 0.189 e. The Morgan fingerprint density at radius 1 is 1.07 bits per heavy atom. The van der Waals surface area contributed by atoms with Crippen LogP contribution in [-0.4, -0.2) is 33.2 Å². The van der Waals surface area contributed by atoms with Crippen molar-refractivity contribution in [3.63, 3.8) is 0 Å². The van der Waals surface area contributed by atoms with Crippen molar-refractivity contribution in [1.29, 1.82) is 0 Å². The number of nitrogens with one attached hydrogen (secondary N) is 1. The molecule has 2 aromatic carbocycles. The van der Waals surface area contributed by atoms with Gasteiger partial charge in [-0.3, -0.25) is 4.68 Å². The maximum atomic E-state index is 5.44. The van der Waals surface area contributed by atoms with E-state index in [1.165, 1.54) is 16.7 Å². The number of benzene rings is 2. The highest BCUT2D eigenvalue weighted by atomic mass is 32.1. The van der Waals surface area contributed by atoms with Crippen LogP contribution in [0.15, 0.2) is 59.7 Å². The fourth-order valence-corrected chi connectivity index (χ4v) is 3.12. The van der Waals surface area contributed by atoms with E-state index in [9.17, 15) is 0 Å². The number of hydrogen-bond donors (Lipinski definition) is 1. The van der Waals surface area contributed by atoms with Gasteiger partial charge >= 0.3 is 0 Å². The molecule has 1 aromatic heterocycles. The van der Waals surface area contributed by atoms with Gasteiger partial charge in [0.05, 0.1) is 18.5 Å². The van der Waals surface area contributed by atoms with Crippen LogP contribution < -0.4 is 5.32 Å². The van der Waals surface area contributed by atoms with Gasteiger partial charge in [-0.2, -0.15) is 10.2 Å². The van der Waals surface area contributed by atoms with Gasteiger partial charge in [0.1, 0.15) is 0 Å². The third-order valence-corrected chi connectivity index (χ3v) is 5.24. The Bertz CT molecular complexity index is 990. The van der Waals surface area contributed by atoms with E-state index in [1.807, 2.05) is 43.1 Å². The van der Waals surface area contributed by atoms with Crippen molar-refractivity contribution in [2.24, 2.45) is 5.10 Å². The molecular weight excluding hydrogens is 378 g/mol. The summed E-state index contributed by atoms with van der Waals surface area (Å²) >= 11 is 5.44. The van der Waals surface area contributed by atoms with Crippen LogP contribution in [0, 0.1) is 20.8 Å². The van der Waals surface area contributed by atoms with Crippen molar-refractivity contribution in [3.05, 3.63) is 88.2 Å². The van der Waals surface area contributed by atoms with E-state index in [1.54, 1.807) is 5.01 Å². The van der Waals surface area contributed by atoms with Gasteiger partial charge in [0.25, 0.3) is 0 Å². The van der Waals surface area contributed by atoms with Gasteiger partial charge in [0.15, 0.2) is 5.11 Å². The second-order valence-electron chi connectivity index (χ2n) is 7.14. The molecule has 3 aromatic rings. The van der Waals surface area contributed by atoms with E-state index < -0.39 is 0 Å². The molecule has 0 aliphatic carbocycles. The Hall–Kier alpha value is -2.99. The van der Waals surface area contributed by atoms with Crippen molar-refractivity contribution in [3.8, 4) is 0 Å². The van der Waals surface area contributed by atoms with E-state index in [4.69, 9.17) is 12.2 Å².